The van der Waals surface area contributed by atoms with Crippen molar-refractivity contribution in [3.05, 3.63) is 81.9 Å². The number of aliphatic hydroxyl groups excluding tert-OH is 1. The van der Waals surface area contributed by atoms with Gasteiger partial charge in [0, 0.05) is 29.7 Å². The predicted octanol–water partition coefficient (Wildman–Crippen LogP) is 5.08. The van der Waals surface area contributed by atoms with Crippen LogP contribution in [0.5, 0.6) is 0 Å². The van der Waals surface area contributed by atoms with Crippen LogP contribution in [0.3, 0.4) is 0 Å². The highest BCUT2D eigenvalue weighted by atomic mass is 32.1. The van der Waals surface area contributed by atoms with Crippen molar-refractivity contribution in [3.8, 4) is 11.3 Å². The van der Waals surface area contributed by atoms with Gasteiger partial charge in [0.25, 0.3) is 5.91 Å². The van der Waals surface area contributed by atoms with Crippen LogP contribution >= 0.6 is 11.3 Å². The molecule has 1 aromatic heterocycles. The zero-order valence-electron chi connectivity index (χ0n) is 18.1. The molecule has 0 fully saturated rings. The summed E-state index contributed by atoms with van der Waals surface area (Å²) in [4.78, 5) is 32.2. The van der Waals surface area contributed by atoms with E-state index in [4.69, 9.17) is 4.74 Å². The highest BCUT2D eigenvalue weighted by molar-refractivity contribution is 7.07. The van der Waals surface area contributed by atoms with Crippen molar-refractivity contribution >= 4 is 28.7 Å². The van der Waals surface area contributed by atoms with Gasteiger partial charge in [-0.1, -0.05) is 50.2 Å². The molecule has 0 bridgehead atoms. The molecule has 164 valence electrons. The minimum Gasteiger partial charge on any atom is -0.503 e. The molecule has 32 heavy (non-hydrogen) atoms. The zero-order valence-corrected chi connectivity index (χ0v) is 18.9. The molecule has 1 atom stereocenters. The van der Waals surface area contributed by atoms with E-state index in [0.29, 0.717) is 12.3 Å². The largest absolute Gasteiger partial charge is 0.503 e. The number of ether oxygens (including phenoxy) is 1. The summed E-state index contributed by atoms with van der Waals surface area (Å²) in [5.41, 5.74) is 5.85. The number of carbonyl (C=O) groups excluding carboxylic acids is 2. The molecule has 1 aliphatic heterocycles. The Morgan fingerprint density at radius 2 is 1.91 bits per heavy atom. The third-order valence-electron chi connectivity index (χ3n) is 5.52. The van der Waals surface area contributed by atoms with Crippen molar-refractivity contribution in [2.75, 3.05) is 12.0 Å². The molecule has 1 aliphatic rings. The molecule has 1 unspecified atom stereocenters. The number of aliphatic hydroxyl groups is 1. The third kappa shape index (κ3) is 3.85. The predicted molar refractivity (Wildman–Crippen MR) is 124 cm³/mol. The van der Waals surface area contributed by atoms with E-state index in [1.807, 2.05) is 53.9 Å². The van der Waals surface area contributed by atoms with Crippen molar-refractivity contribution in [1.82, 2.24) is 4.98 Å². The number of methoxy groups -OCH3 is 1. The molecule has 6 nitrogen and oxygen atoms in total. The van der Waals surface area contributed by atoms with Crippen LogP contribution in [0.2, 0.25) is 0 Å². The highest BCUT2D eigenvalue weighted by Gasteiger charge is 2.45. The maximum Gasteiger partial charge on any atom is 0.294 e. The monoisotopic (exact) mass is 448 g/mol. The Bertz CT molecular complexity index is 1170. The standard InChI is InChI=1S/C25H24N2O4S/c1-15(2)23(28)21-22(19-7-5-4-6-17(19)12-31-3)27(25(30)24(21)29)18-10-8-16(9-11-18)20-13-32-14-26-20/h4-11,13-15,22,29H,12H2,1-3H3. The van der Waals surface area contributed by atoms with Gasteiger partial charge in [-0.15, -0.1) is 11.3 Å². The average Bonchev–Trinajstić information content (AvgIpc) is 3.42. The van der Waals surface area contributed by atoms with Crippen molar-refractivity contribution in [2.45, 2.75) is 26.5 Å². The number of anilines is 1. The van der Waals surface area contributed by atoms with E-state index in [-0.39, 0.29) is 17.3 Å². The Balaban J connectivity index is 1.84. The van der Waals surface area contributed by atoms with E-state index in [2.05, 4.69) is 4.98 Å². The molecule has 0 aliphatic carbocycles. The minimum atomic E-state index is -0.742. The van der Waals surface area contributed by atoms with Gasteiger partial charge in [0.1, 0.15) is 0 Å². The van der Waals surface area contributed by atoms with Crippen molar-refractivity contribution in [1.29, 1.82) is 0 Å². The second-order valence-electron chi connectivity index (χ2n) is 7.91. The van der Waals surface area contributed by atoms with Gasteiger partial charge >= 0.3 is 0 Å². The summed E-state index contributed by atoms with van der Waals surface area (Å²) in [6.45, 7) is 3.84. The van der Waals surface area contributed by atoms with E-state index in [1.165, 1.54) is 16.2 Å². The van der Waals surface area contributed by atoms with E-state index < -0.39 is 17.7 Å². The topological polar surface area (TPSA) is 79.7 Å². The first-order valence-electron chi connectivity index (χ1n) is 10.3. The molecule has 1 amide bonds. The first kappa shape index (κ1) is 21.9. The number of thiazole rings is 1. The molecule has 2 aromatic carbocycles. The first-order valence-corrected chi connectivity index (χ1v) is 11.2. The number of ketones is 1. The minimum absolute atomic E-state index is 0.122. The first-order chi connectivity index (χ1) is 15.4. The smallest absolute Gasteiger partial charge is 0.294 e. The second-order valence-corrected chi connectivity index (χ2v) is 8.63. The molecular formula is C25H24N2O4S. The Labute approximate surface area is 190 Å². The van der Waals surface area contributed by atoms with Gasteiger partial charge in [0.15, 0.2) is 11.5 Å². The van der Waals surface area contributed by atoms with Gasteiger partial charge < -0.3 is 9.84 Å². The molecule has 3 aromatic rings. The van der Waals surface area contributed by atoms with Crippen molar-refractivity contribution in [2.24, 2.45) is 5.92 Å². The number of rotatable bonds is 7. The molecular weight excluding hydrogens is 424 g/mol. The molecule has 7 heteroatoms. The third-order valence-corrected chi connectivity index (χ3v) is 6.11. The van der Waals surface area contributed by atoms with Gasteiger partial charge in [-0.05, 0) is 23.3 Å². The van der Waals surface area contributed by atoms with Gasteiger partial charge in [-0.3, -0.25) is 14.5 Å². The van der Waals surface area contributed by atoms with Crippen LogP contribution in [0, 0.1) is 5.92 Å². The quantitative estimate of drug-likeness (QED) is 0.545. The Morgan fingerprint density at radius 3 is 2.53 bits per heavy atom. The lowest BCUT2D eigenvalue weighted by Crippen LogP contribution is -2.32. The average molecular weight is 449 g/mol. The van der Waals surface area contributed by atoms with E-state index in [1.54, 1.807) is 26.5 Å². The fourth-order valence-corrected chi connectivity index (χ4v) is 4.53. The number of Topliss-reactive ketones (excluding diaryl/α,β-unsaturated/α-hetero) is 1. The van der Waals surface area contributed by atoms with E-state index in [9.17, 15) is 14.7 Å². The summed E-state index contributed by atoms with van der Waals surface area (Å²) >= 11 is 1.51. The number of carbonyl (C=O) groups is 2. The summed E-state index contributed by atoms with van der Waals surface area (Å²) in [5, 5.41) is 12.7. The number of nitrogens with zero attached hydrogens (tertiary/aromatic N) is 2. The van der Waals surface area contributed by atoms with Crippen LogP contribution in [0.1, 0.15) is 31.0 Å². The molecule has 2 heterocycles. The van der Waals surface area contributed by atoms with Crippen LogP contribution in [0.4, 0.5) is 5.69 Å². The fourth-order valence-electron chi connectivity index (χ4n) is 3.96. The molecule has 0 saturated carbocycles. The number of hydrogen-bond donors (Lipinski definition) is 1. The lowest BCUT2D eigenvalue weighted by molar-refractivity contribution is -0.119. The van der Waals surface area contributed by atoms with Gasteiger partial charge in [-0.2, -0.15) is 0 Å². The van der Waals surface area contributed by atoms with Crippen LogP contribution in [-0.4, -0.2) is 28.9 Å². The van der Waals surface area contributed by atoms with Crippen LogP contribution in [-0.2, 0) is 20.9 Å². The highest BCUT2D eigenvalue weighted by Crippen LogP contribution is 2.43. The van der Waals surface area contributed by atoms with Gasteiger partial charge in [-0.25, -0.2) is 4.98 Å². The molecule has 4 rings (SSSR count). The summed E-state index contributed by atoms with van der Waals surface area (Å²) < 4.78 is 5.35. The van der Waals surface area contributed by atoms with E-state index in [0.717, 1.165) is 22.4 Å². The van der Waals surface area contributed by atoms with Crippen LogP contribution in [0.15, 0.2) is 70.8 Å². The maximum atomic E-state index is 13.2. The molecule has 0 saturated heterocycles. The number of amides is 1. The van der Waals surface area contributed by atoms with Crippen LogP contribution < -0.4 is 4.90 Å². The van der Waals surface area contributed by atoms with Gasteiger partial charge in [0.05, 0.1) is 29.4 Å². The lowest BCUT2D eigenvalue weighted by Gasteiger charge is -2.29. The summed E-state index contributed by atoms with van der Waals surface area (Å²) in [5.74, 6) is -1.71. The van der Waals surface area contributed by atoms with Crippen LogP contribution in [0.25, 0.3) is 11.3 Å². The second kappa shape index (κ2) is 9.06. The molecule has 1 N–H and O–H groups in total. The Kier molecular flexibility index (Phi) is 6.21. The Hall–Kier alpha value is -3.29. The SMILES string of the molecule is COCc1ccccc1C1C(C(=O)C(C)C)=C(O)C(=O)N1c1ccc(-c2cscn2)cc1. The van der Waals surface area contributed by atoms with Crippen molar-refractivity contribution in [3.63, 3.8) is 0 Å². The molecule has 0 spiro atoms. The van der Waals surface area contributed by atoms with Crippen molar-refractivity contribution < 1.29 is 19.4 Å². The summed E-state index contributed by atoms with van der Waals surface area (Å²) in [6, 6.07) is 14.2. The number of aromatic nitrogens is 1. The zero-order chi connectivity index (χ0) is 22.8. The Morgan fingerprint density at radius 1 is 1.19 bits per heavy atom. The summed E-state index contributed by atoms with van der Waals surface area (Å²) in [6.07, 6.45) is 0. The van der Waals surface area contributed by atoms with Gasteiger partial charge in [0.2, 0.25) is 0 Å². The lowest BCUT2D eigenvalue weighted by atomic mass is 9.89. The molecule has 0 radical (unpaired) electrons. The normalized spacial score (nSPS) is 16.3. The maximum absolute atomic E-state index is 13.2. The van der Waals surface area contributed by atoms with E-state index >= 15 is 0 Å². The number of hydrogen-bond acceptors (Lipinski definition) is 6. The summed E-state index contributed by atoms with van der Waals surface area (Å²) in [7, 11) is 1.60. The fraction of sp³-hybridized carbons (Fsp3) is 0.240. The number of benzene rings is 2.